The molecule has 2 fully saturated rings. The van der Waals surface area contributed by atoms with Crippen molar-refractivity contribution in [2.45, 2.75) is 45.3 Å². The predicted molar refractivity (Wildman–Crippen MR) is 132 cm³/mol. The molecule has 9 heteroatoms. The fourth-order valence-electron chi connectivity index (χ4n) is 5.19. The maximum atomic E-state index is 13.3. The van der Waals surface area contributed by atoms with Crippen molar-refractivity contribution in [2.24, 2.45) is 0 Å². The number of hydrogen-bond donors (Lipinski definition) is 0. The van der Waals surface area contributed by atoms with Gasteiger partial charge in [0.25, 0.3) is 5.91 Å². The number of ether oxygens (including phenoxy) is 1. The van der Waals surface area contributed by atoms with Gasteiger partial charge in [-0.3, -0.25) is 13.9 Å². The predicted octanol–water partition coefficient (Wildman–Crippen LogP) is 3.16. The fourth-order valence-corrected chi connectivity index (χ4v) is 6.75. The number of nitrogens with zero attached hydrogens (tertiary/aromatic N) is 3. The van der Waals surface area contributed by atoms with E-state index in [9.17, 15) is 18.0 Å². The van der Waals surface area contributed by atoms with Gasteiger partial charge in [0.1, 0.15) is 6.10 Å². The zero-order chi connectivity index (χ0) is 24.0. The number of anilines is 3. The molecule has 2 aromatic carbocycles. The van der Waals surface area contributed by atoms with Crippen LogP contribution in [0.3, 0.4) is 0 Å². The van der Waals surface area contributed by atoms with E-state index in [0.29, 0.717) is 49.6 Å². The van der Waals surface area contributed by atoms with Gasteiger partial charge in [-0.1, -0.05) is 18.2 Å². The summed E-state index contributed by atoms with van der Waals surface area (Å²) in [6.07, 6.45) is 1.75. The summed E-state index contributed by atoms with van der Waals surface area (Å²) >= 11 is 0. The van der Waals surface area contributed by atoms with Crippen LogP contribution in [0.15, 0.2) is 42.5 Å². The van der Waals surface area contributed by atoms with Gasteiger partial charge in [-0.25, -0.2) is 8.42 Å². The molecule has 5 rings (SSSR count). The monoisotopic (exact) mass is 483 g/mol. The van der Waals surface area contributed by atoms with Crippen molar-refractivity contribution >= 4 is 38.9 Å². The first kappa shape index (κ1) is 22.9. The highest BCUT2D eigenvalue weighted by Gasteiger charge is 2.37. The van der Waals surface area contributed by atoms with E-state index in [4.69, 9.17) is 4.74 Å². The lowest BCUT2D eigenvalue weighted by Gasteiger charge is -2.41. The second-order valence-electron chi connectivity index (χ2n) is 9.18. The van der Waals surface area contributed by atoms with Crippen LogP contribution >= 0.6 is 0 Å². The number of carbonyl (C=O) groups is 2. The molecule has 0 aromatic heterocycles. The van der Waals surface area contributed by atoms with E-state index >= 15 is 0 Å². The van der Waals surface area contributed by atoms with E-state index in [2.05, 4.69) is 0 Å². The molecule has 34 heavy (non-hydrogen) atoms. The quantitative estimate of drug-likeness (QED) is 0.669. The highest BCUT2D eigenvalue weighted by atomic mass is 32.2. The summed E-state index contributed by atoms with van der Waals surface area (Å²) < 4.78 is 31.6. The lowest BCUT2D eigenvalue weighted by Crippen LogP contribution is -2.53. The smallest absolute Gasteiger partial charge is 0.256 e. The van der Waals surface area contributed by atoms with Gasteiger partial charge in [-0.05, 0) is 61.6 Å². The van der Waals surface area contributed by atoms with Gasteiger partial charge in [-0.2, -0.15) is 0 Å². The minimum Gasteiger partial charge on any atom is -0.368 e. The van der Waals surface area contributed by atoms with Crippen molar-refractivity contribution in [1.29, 1.82) is 0 Å². The Balaban J connectivity index is 1.51. The second kappa shape index (κ2) is 8.70. The lowest BCUT2D eigenvalue weighted by atomic mass is 9.99. The van der Waals surface area contributed by atoms with E-state index in [1.165, 1.54) is 11.2 Å². The normalized spacial score (nSPS) is 23.8. The van der Waals surface area contributed by atoms with Crippen molar-refractivity contribution in [3.8, 4) is 11.1 Å². The van der Waals surface area contributed by atoms with Crippen LogP contribution in [0.25, 0.3) is 11.1 Å². The number of amides is 2. The number of benzene rings is 2. The number of rotatable bonds is 3. The largest absolute Gasteiger partial charge is 0.368 e. The Labute approximate surface area is 200 Å². The third kappa shape index (κ3) is 3.96. The summed E-state index contributed by atoms with van der Waals surface area (Å²) in [6, 6.07) is 13.0. The van der Waals surface area contributed by atoms with Crippen LogP contribution < -0.4 is 14.1 Å². The van der Waals surface area contributed by atoms with Crippen LogP contribution in [0, 0.1) is 0 Å². The zero-order valence-electron chi connectivity index (χ0n) is 19.4. The molecule has 0 radical (unpaired) electrons. The van der Waals surface area contributed by atoms with Crippen LogP contribution in [0.5, 0.6) is 0 Å². The molecule has 3 aliphatic heterocycles. The number of hydrogen-bond acceptors (Lipinski definition) is 5. The average Bonchev–Trinajstić information content (AvgIpc) is 3.47. The van der Waals surface area contributed by atoms with Gasteiger partial charge in [0.15, 0.2) is 0 Å². The summed E-state index contributed by atoms with van der Waals surface area (Å²) in [5.41, 5.74) is 3.85. The van der Waals surface area contributed by atoms with Gasteiger partial charge in [0, 0.05) is 26.6 Å². The Kier molecular flexibility index (Phi) is 5.85. The van der Waals surface area contributed by atoms with Crippen molar-refractivity contribution in [1.82, 2.24) is 0 Å². The summed E-state index contributed by atoms with van der Waals surface area (Å²) in [4.78, 5) is 29.2. The summed E-state index contributed by atoms with van der Waals surface area (Å²) in [5.74, 6) is 0.0431. The second-order valence-corrected chi connectivity index (χ2v) is 11.2. The highest BCUT2D eigenvalue weighted by molar-refractivity contribution is 7.93. The molecule has 0 aliphatic carbocycles. The van der Waals surface area contributed by atoms with Crippen molar-refractivity contribution in [2.75, 3.05) is 39.6 Å². The maximum Gasteiger partial charge on any atom is 0.256 e. The fraction of sp³-hybridized carbons (Fsp3) is 0.440. The van der Waals surface area contributed by atoms with E-state index in [0.717, 1.165) is 17.5 Å². The molecule has 3 heterocycles. The molecule has 180 valence electrons. The first-order valence-corrected chi connectivity index (χ1v) is 13.3. The highest BCUT2D eigenvalue weighted by Crippen LogP contribution is 2.40. The molecule has 2 unspecified atom stereocenters. The Bertz CT molecular complexity index is 1220. The summed E-state index contributed by atoms with van der Waals surface area (Å²) in [5, 5.41) is 0. The van der Waals surface area contributed by atoms with Crippen LogP contribution in [0.2, 0.25) is 0 Å². The average molecular weight is 484 g/mol. The van der Waals surface area contributed by atoms with E-state index in [1.807, 2.05) is 49.4 Å². The topological polar surface area (TPSA) is 87.2 Å². The van der Waals surface area contributed by atoms with Gasteiger partial charge in [0.05, 0.1) is 28.9 Å². The van der Waals surface area contributed by atoms with Crippen molar-refractivity contribution in [3.63, 3.8) is 0 Å². The molecular weight excluding hydrogens is 454 g/mol. The van der Waals surface area contributed by atoms with Crippen LogP contribution in [-0.2, 0) is 24.3 Å². The Morgan fingerprint density at radius 2 is 1.74 bits per heavy atom. The number of sulfonamides is 1. The molecule has 2 saturated heterocycles. The van der Waals surface area contributed by atoms with Gasteiger partial charge in [0.2, 0.25) is 15.9 Å². The standard InChI is InChI=1S/C25H29N3O5S/c1-17-16-26(25(30)24-5-3-13-33-24)23-15-20(8-11-22(23)28(17)18(2)29)19-6-9-21(10-7-19)27-12-4-14-34(27,31)32/h6-11,15,17,24H,3-5,12-14,16H2,1-2H3. The van der Waals surface area contributed by atoms with Gasteiger partial charge >= 0.3 is 0 Å². The first-order chi connectivity index (χ1) is 16.3. The van der Waals surface area contributed by atoms with Gasteiger partial charge < -0.3 is 14.5 Å². The minimum absolute atomic E-state index is 0.0677. The zero-order valence-corrected chi connectivity index (χ0v) is 20.3. The molecule has 0 spiro atoms. The molecule has 0 bridgehead atoms. The molecular formula is C25H29N3O5S. The third-order valence-corrected chi connectivity index (χ3v) is 8.68. The van der Waals surface area contributed by atoms with Crippen LogP contribution in [0.1, 0.15) is 33.1 Å². The Hall–Kier alpha value is -2.91. The molecule has 2 aromatic rings. The molecule has 3 aliphatic rings. The van der Waals surface area contributed by atoms with Crippen LogP contribution in [0.4, 0.5) is 17.1 Å². The maximum absolute atomic E-state index is 13.3. The number of fused-ring (bicyclic) bond motifs is 1. The Morgan fingerprint density at radius 1 is 1.00 bits per heavy atom. The molecule has 0 N–H and O–H groups in total. The lowest BCUT2D eigenvalue weighted by molar-refractivity contribution is -0.127. The van der Waals surface area contributed by atoms with E-state index < -0.39 is 16.1 Å². The van der Waals surface area contributed by atoms with Gasteiger partial charge in [-0.15, -0.1) is 0 Å². The van der Waals surface area contributed by atoms with Crippen molar-refractivity contribution < 1.29 is 22.7 Å². The Morgan fingerprint density at radius 3 is 2.35 bits per heavy atom. The van der Waals surface area contributed by atoms with Crippen LogP contribution in [-0.4, -0.2) is 57.8 Å². The summed E-state index contributed by atoms with van der Waals surface area (Å²) in [7, 11) is -3.23. The molecule has 2 atom stereocenters. The minimum atomic E-state index is -3.23. The SMILES string of the molecule is CC(=O)N1c2ccc(-c3ccc(N4CCCS4(=O)=O)cc3)cc2N(C(=O)C2CCCO2)CC1C. The first-order valence-electron chi connectivity index (χ1n) is 11.7. The summed E-state index contributed by atoms with van der Waals surface area (Å²) in [6.45, 7) is 4.97. The molecule has 2 amide bonds. The number of carbonyl (C=O) groups excluding carboxylic acids is 2. The third-order valence-electron chi connectivity index (χ3n) is 6.81. The van der Waals surface area contributed by atoms with E-state index in [-0.39, 0.29) is 23.6 Å². The molecule has 0 saturated carbocycles. The molecule has 8 nitrogen and oxygen atoms in total. The van der Waals surface area contributed by atoms with Crippen molar-refractivity contribution in [3.05, 3.63) is 42.5 Å². The van der Waals surface area contributed by atoms with E-state index in [1.54, 1.807) is 9.80 Å².